The number of hydrogen-bond acceptors (Lipinski definition) is 6. The van der Waals surface area contributed by atoms with Crippen molar-refractivity contribution in [3.63, 3.8) is 0 Å². The van der Waals surface area contributed by atoms with E-state index in [4.69, 9.17) is 10.5 Å². The summed E-state index contributed by atoms with van der Waals surface area (Å²) in [5.41, 5.74) is 7.19. The van der Waals surface area contributed by atoms with Gasteiger partial charge in [-0.2, -0.15) is 11.8 Å². The number of hydrogen-bond donors (Lipinski definition) is 1. The van der Waals surface area contributed by atoms with Crippen LogP contribution in [0.1, 0.15) is 6.42 Å². The summed E-state index contributed by atoms with van der Waals surface area (Å²) in [5, 5.41) is 0. The lowest BCUT2D eigenvalue weighted by Gasteiger charge is -2.14. The molecule has 18 heavy (non-hydrogen) atoms. The van der Waals surface area contributed by atoms with Gasteiger partial charge < -0.3 is 15.0 Å². The Bertz CT molecular complexity index is 515. The Morgan fingerprint density at radius 1 is 1.44 bits per heavy atom. The highest BCUT2D eigenvalue weighted by molar-refractivity contribution is 7.98. The number of aryl methyl sites for hydroxylation is 1. The van der Waals surface area contributed by atoms with Gasteiger partial charge in [0.25, 0.3) is 0 Å². The number of thioether (sulfide) groups is 1. The molecule has 6 nitrogen and oxygen atoms in total. The van der Waals surface area contributed by atoms with E-state index in [0.29, 0.717) is 11.3 Å². The summed E-state index contributed by atoms with van der Waals surface area (Å²) in [6.45, 7) is 0.812. The van der Waals surface area contributed by atoms with Crippen molar-refractivity contribution in [3.8, 4) is 0 Å². The zero-order valence-corrected chi connectivity index (χ0v) is 11.4. The van der Waals surface area contributed by atoms with E-state index >= 15 is 0 Å². The average molecular weight is 267 g/mol. The number of aromatic nitrogens is 4. The minimum atomic E-state index is 0.247. The summed E-state index contributed by atoms with van der Waals surface area (Å²) >= 11 is 1.78. The Balaban J connectivity index is 2.10. The fourth-order valence-electron chi connectivity index (χ4n) is 1.80. The van der Waals surface area contributed by atoms with Crippen molar-refractivity contribution in [2.24, 2.45) is 0 Å². The Kier molecular flexibility index (Phi) is 4.38. The first-order valence-electron chi connectivity index (χ1n) is 5.69. The molecule has 2 heterocycles. The fraction of sp³-hybridized carbons (Fsp3) is 0.545. The molecule has 0 aliphatic carbocycles. The molecule has 2 rings (SSSR count). The van der Waals surface area contributed by atoms with Crippen molar-refractivity contribution in [3.05, 3.63) is 12.7 Å². The summed E-state index contributed by atoms with van der Waals surface area (Å²) in [6.07, 6.45) is 6.46. The van der Waals surface area contributed by atoms with Gasteiger partial charge in [-0.15, -0.1) is 0 Å². The van der Waals surface area contributed by atoms with Gasteiger partial charge in [-0.05, 0) is 12.7 Å². The van der Waals surface area contributed by atoms with E-state index < -0.39 is 0 Å². The topological polar surface area (TPSA) is 78.9 Å². The van der Waals surface area contributed by atoms with Gasteiger partial charge in [0.05, 0.1) is 12.4 Å². The molecule has 0 unspecified atom stereocenters. The summed E-state index contributed by atoms with van der Waals surface area (Å²) in [5.74, 6) is 1.41. The molecule has 0 aliphatic heterocycles. The maximum Gasteiger partial charge on any atom is 0.165 e. The van der Waals surface area contributed by atoms with Gasteiger partial charge in [-0.25, -0.2) is 15.0 Å². The standard InChI is InChI=1S/C11H17N5OS/c1-17-8(5-18-2)3-4-16-7-15-9-10(12)13-6-14-11(9)16/h6-8H,3-5H2,1-2H3,(H2,12,13,14)/t8-/m0/s1. The molecule has 0 bridgehead atoms. The van der Waals surface area contributed by atoms with Crippen LogP contribution in [0.5, 0.6) is 0 Å². The number of nitrogen functional groups attached to an aromatic ring is 1. The number of nitrogens with zero attached hydrogens (tertiary/aromatic N) is 4. The van der Waals surface area contributed by atoms with Crippen LogP contribution in [0.2, 0.25) is 0 Å². The molecule has 0 amide bonds. The van der Waals surface area contributed by atoms with Crippen LogP contribution in [0.25, 0.3) is 11.2 Å². The Labute approximate surface area is 110 Å². The van der Waals surface area contributed by atoms with Crippen LogP contribution >= 0.6 is 11.8 Å². The van der Waals surface area contributed by atoms with E-state index in [1.165, 1.54) is 6.33 Å². The molecule has 0 radical (unpaired) electrons. The molecule has 0 spiro atoms. The second kappa shape index (κ2) is 6.01. The van der Waals surface area contributed by atoms with Crippen molar-refractivity contribution < 1.29 is 4.74 Å². The SMILES string of the molecule is CO[C@@H](CCn1cnc2c(N)ncnc21)CSC. The Hall–Kier alpha value is -1.34. The van der Waals surface area contributed by atoms with Gasteiger partial charge >= 0.3 is 0 Å². The average Bonchev–Trinajstić information content (AvgIpc) is 2.79. The van der Waals surface area contributed by atoms with Gasteiger partial charge in [0.2, 0.25) is 0 Å². The van der Waals surface area contributed by atoms with Crippen molar-refractivity contribution in [1.82, 2.24) is 19.5 Å². The maximum absolute atomic E-state index is 5.74. The lowest BCUT2D eigenvalue weighted by atomic mass is 10.3. The predicted molar refractivity (Wildman–Crippen MR) is 73.5 cm³/mol. The van der Waals surface area contributed by atoms with Crippen molar-refractivity contribution in [1.29, 1.82) is 0 Å². The van der Waals surface area contributed by atoms with Gasteiger partial charge in [-0.1, -0.05) is 0 Å². The molecule has 0 fully saturated rings. The van der Waals surface area contributed by atoms with E-state index in [1.807, 2.05) is 4.57 Å². The molecule has 2 aromatic heterocycles. The number of anilines is 1. The molecule has 0 aliphatic rings. The molecule has 0 saturated carbocycles. The van der Waals surface area contributed by atoms with E-state index in [1.54, 1.807) is 25.2 Å². The molecule has 0 saturated heterocycles. The number of rotatable bonds is 6. The molecule has 98 valence electrons. The summed E-state index contributed by atoms with van der Waals surface area (Å²) < 4.78 is 7.40. The molecule has 2 N–H and O–H groups in total. The lowest BCUT2D eigenvalue weighted by molar-refractivity contribution is 0.111. The normalized spacial score (nSPS) is 13.0. The third-order valence-corrected chi connectivity index (χ3v) is 3.51. The molecule has 0 aromatic carbocycles. The van der Waals surface area contributed by atoms with Crippen LogP contribution in [-0.2, 0) is 11.3 Å². The third-order valence-electron chi connectivity index (χ3n) is 2.81. The summed E-state index contributed by atoms with van der Waals surface area (Å²) in [6, 6.07) is 0. The van der Waals surface area contributed by atoms with Crippen LogP contribution in [0, 0.1) is 0 Å². The molecule has 2 aromatic rings. The van der Waals surface area contributed by atoms with Crippen LogP contribution in [0.4, 0.5) is 5.82 Å². The monoisotopic (exact) mass is 267 g/mol. The highest BCUT2D eigenvalue weighted by Gasteiger charge is 2.10. The second-order valence-corrected chi connectivity index (χ2v) is 4.88. The first kappa shape index (κ1) is 13.1. The minimum Gasteiger partial charge on any atom is -0.382 e. The zero-order valence-electron chi connectivity index (χ0n) is 10.5. The van der Waals surface area contributed by atoms with Crippen molar-refractivity contribution >= 4 is 28.7 Å². The molecule has 7 heteroatoms. The Morgan fingerprint density at radius 2 is 2.28 bits per heavy atom. The van der Waals surface area contributed by atoms with Crippen molar-refractivity contribution in [2.75, 3.05) is 24.9 Å². The predicted octanol–water partition coefficient (Wildman–Crippen LogP) is 1.18. The van der Waals surface area contributed by atoms with Gasteiger partial charge in [0.15, 0.2) is 11.5 Å². The smallest absolute Gasteiger partial charge is 0.165 e. The third kappa shape index (κ3) is 2.73. The maximum atomic E-state index is 5.74. The second-order valence-electron chi connectivity index (χ2n) is 3.97. The fourth-order valence-corrected chi connectivity index (χ4v) is 2.48. The summed E-state index contributed by atoms with van der Waals surface area (Å²) in [4.78, 5) is 12.4. The largest absolute Gasteiger partial charge is 0.382 e. The number of imidazole rings is 1. The van der Waals surface area contributed by atoms with E-state index in [2.05, 4.69) is 21.2 Å². The zero-order chi connectivity index (χ0) is 13.0. The van der Waals surface area contributed by atoms with Gasteiger partial charge in [0, 0.05) is 19.4 Å². The van der Waals surface area contributed by atoms with Crippen LogP contribution < -0.4 is 5.73 Å². The quantitative estimate of drug-likeness (QED) is 0.846. The van der Waals surface area contributed by atoms with Gasteiger partial charge in [0.1, 0.15) is 11.8 Å². The number of methoxy groups -OCH3 is 1. The van der Waals surface area contributed by atoms with E-state index in [-0.39, 0.29) is 6.10 Å². The van der Waals surface area contributed by atoms with Crippen LogP contribution in [0.15, 0.2) is 12.7 Å². The first-order valence-corrected chi connectivity index (χ1v) is 7.08. The lowest BCUT2D eigenvalue weighted by Crippen LogP contribution is -2.16. The molecular formula is C11H17N5OS. The highest BCUT2D eigenvalue weighted by Crippen LogP contribution is 2.15. The van der Waals surface area contributed by atoms with Crippen molar-refractivity contribution in [2.45, 2.75) is 19.1 Å². The number of ether oxygens (including phenoxy) is 1. The van der Waals surface area contributed by atoms with Crippen LogP contribution in [-0.4, -0.2) is 44.7 Å². The molecule has 1 atom stereocenters. The highest BCUT2D eigenvalue weighted by atomic mass is 32.2. The van der Waals surface area contributed by atoms with E-state index in [0.717, 1.165) is 24.4 Å². The summed E-state index contributed by atoms with van der Waals surface area (Å²) in [7, 11) is 1.74. The number of nitrogens with two attached hydrogens (primary N) is 1. The minimum absolute atomic E-state index is 0.247. The van der Waals surface area contributed by atoms with Crippen LogP contribution in [0.3, 0.4) is 0 Å². The molecular weight excluding hydrogens is 250 g/mol. The first-order chi connectivity index (χ1) is 8.76. The Morgan fingerprint density at radius 3 is 3.00 bits per heavy atom. The van der Waals surface area contributed by atoms with Gasteiger partial charge in [-0.3, -0.25) is 0 Å². The number of fused-ring (bicyclic) bond motifs is 1. The van der Waals surface area contributed by atoms with E-state index in [9.17, 15) is 0 Å².